The molecule has 0 fully saturated rings. The zero-order valence-electron chi connectivity index (χ0n) is 9.27. The topological polar surface area (TPSA) is 45.4 Å². The second kappa shape index (κ2) is 6.93. The molecule has 0 saturated carbocycles. The van der Waals surface area contributed by atoms with Crippen LogP contribution in [0.5, 0.6) is 0 Å². The molecular formula is C11H19NO2S. The van der Waals surface area contributed by atoms with Crippen LogP contribution in [0.4, 0.5) is 0 Å². The largest absolute Gasteiger partial charge is 0.468 e. The molecule has 1 aromatic heterocycles. The lowest BCUT2D eigenvalue weighted by Crippen LogP contribution is -2.34. The van der Waals surface area contributed by atoms with E-state index < -0.39 is 0 Å². The van der Waals surface area contributed by atoms with Crippen molar-refractivity contribution in [3.8, 4) is 0 Å². The molecule has 15 heavy (non-hydrogen) atoms. The van der Waals surface area contributed by atoms with E-state index in [2.05, 4.69) is 11.6 Å². The standard InChI is InChI=1S/C11H19NO2S/c1-9(11-4-3-6-14-11)12-10(8-13)5-7-15-2/h3-4,6,9-10,12-13H,5,7-8H2,1-2H3. The van der Waals surface area contributed by atoms with Crippen LogP contribution in [0.2, 0.25) is 0 Å². The SMILES string of the molecule is CSCCC(CO)NC(C)c1ccco1. The molecule has 86 valence electrons. The molecule has 0 aliphatic carbocycles. The van der Waals surface area contributed by atoms with Gasteiger partial charge in [-0.3, -0.25) is 0 Å². The Morgan fingerprint density at radius 3 is 2.93 bits per heavy atom. The van der Waals surface area contributed by atoms with E-state index in [9.17, 15) is 5.11 Å². The second-order valence-electron chi connectivity index (χ2n) is 3.56. The molecule has 4 heteroatoms. The average molecular weight is 229 g/mol. The highest BCUT2D eigenvalue weighted by atomic mass is 32.2. The van der Waals surface area contributed by atoms with Gasteiger partial charge in [-0.1, -0.05) is 0 Å². The van der Waals surface area contributed by atoms with Crippen molar-refractivity contribution in [2.24, 2.45) is 0 Å². The number of aliphatic hydroxyl groups excluding tert-OH is 1. The van der Waals surface area contributed by atoms with E-state index in [-0.39, 0.29) is 18.7 Å². The van der Waals surface area contributed by atoms with Crippen LogP contribution in [0.3, 0.4) is 0 Å². The van der Waals surface area contributed by atoms with Crippen molar-refractivity contribution in [1.29, 1.82) is 0 Å². The lowest BCUT2D eigenvalue weighted by atomic mass is 10.2. The zero-order chi connectivity index (χ0) is 11.1. The summed E-state index contributed by atoms with van der Waals surface area (Å²) in [5.74, 6) is 1.97. The fourth-order valence-electron chi connectivity index (χ4n) is 1.46. The maximum Gasteiger partial charge on any atom is 0.120 e. The summed E-state index contributed by atoms with van der Waals surface area (Å²) in [4.78, 5) is 0. The minimum absolute atomic E-state index is 0.151. The van der Waals surface area contributed by atoms with E-state index in [1.165, 1.54) is 0 Å². The fraction of sp³-hybridized carbons (Fsp3) is 0.636. The number of hydrogen-bond donors (Lipinski definition) is 2. The molecule has 0 aromatic carbocycles. The normalized spacial score (nSPS) is 15.1. The van der Waals surface area contributed by atoms with Gasteiger partial charge in [-0.25, -0.2) is 0 Å². The van der Waals surface area contributed by atoms with E-state index in [1.54, 1.807) is 18.0 Å². The Bertz CT molecular complexity index is 251. The molecule has 2 unspecified atom stereocenters. The van der Waals surface area contributed by atoms with E-state index in [0.717, 1.165) is 17.9 Å². The summed E-state index contributed by atoms with van der Waals surface area (Å²) in [6.45, 7) is 2.21. The molecule has 3 nitrogen and oxygen atoms in total. The fourth-order valence-corrected chi connectivity index (χ4v) is 1.98. The zero-order valence-corrected chi connectivity index (χ0v) is 10.1. The van der Waals surface area contributed by atoms with Crippen molar-refractivity contribution in [1.82, 2.24) is 5.32 Å². The van der Waals surface area contributed by atoms with Gasteiger partial charge >= 0.3 is 0 Å². The van der Waals surface area contributed by atoms with Crippen LogP contribution < -0.4 is 5.32 Å². The van der Waals surface area contributed by atoms with Crippen LogP contribution in [0.1, 0.15) is 25.1 Å². The molecule has 1 rings (SSSR count). The molecule has 1 aromatic rings. The minimum Gasteiger partial charge on any atom is -0.468 e. The molecular weight excluding hydrogens is 210 g/mol. The van der Waals surface area contributed by atoms with E-state index >= 15 is 0 Å². The summed E-state index contributed by atoms with van der Waals surface area (Å²) in [5, 5.41) is 12.5. The Morgan fingerprint density at radius 2 is 2.40 bits per heavy atom. The molecule has 0 bridgehead atoms. The van der Waals surface area contributed by atoms with Gasteiger partial charge in [-0.05, 0) is 37.5 Å². The van der Waals surface area contributed by atoms with Gasteiger partial charge in [-0.15, -0.1) is 0 Å². The summed E-state index contributed by atoms with van der Waals surface area (Å²) in [6.07, 6.45) is 4.72. The third kappa shape index (κ3) is 4.28. The summed E-state index contributed by atoms with van der Waals surface area (Å²) in [7, 11) is 0. The number of nitrogens with one attached hydrogen (secondary N) is 1. The number of rotatable bonds is 7. The third-order valence-corrected chi connectivity index (χ3v) is 2.99. The van der Waals surface area contributed by atoms with Crippen molar-refractivity contribution in [3.63, 3.8) is 0 Å². The Hall–Kier alpha value is -0.450. The van der Waals surface area contributed by atoms with Crippen molar-refractivity contribution in [2.45, 2.75) is 25.4 Å². The van der Waals surface area contributed by atoms with Gasteiger partial charge in [-0.2, -0.15) is 11.8 Å². The molecule has 0 aliphatic rings. The summed E-state index contributed by atoms with van der Waals surface area (Å²) < 4.78 is 5.30. The summed E-state index contributed by atoms with van der Waals surface area (Å²) in [5.41, 5.74) is 0. The summed E-state index contributed by atoms with van der Waals surface area (Å²) >= 11 is 1.80. The molecule has 0 aliphatic heterocycles. The van der Waals surface area contributed by atoms with Gasteiger partial charge in [0.05, 0.1) is 18.9 Å². The van der Waals surface area contributed by atoms with Gasteiger partial charge in [0.25, 0.3) is 0 Å². The van der Waals surface area contributed by atoms with E-state index in [0.29, 0.717) is 0 Å². The maximum absolute atomic E-state index is 9.20. The van der Waals surface area contributed by atoms with Crippen LogP contribution in [0.25, 0.3) is 0 Å². The number of aliphatic hydroxyl groups is 1. The first-order chi connectivity index (χ1) is 7.27. The predicted octanol–water partition coefficient (Wildman–Crippen LogP) is 2.04. The van der Waals surface area contributed by atoms with E-state index in [4.69, 9.17) is 4.42 Å². The maximum atomic E-state index is 9.20. The highest BCUT2D eigenvalue weighted by Gasteiger charge is 2.13. The molecule has 0 spiro atoms. The first kappa shape index (κ1) is 12.6. The quantitative estimate of drug-likeness (QED) is 0.751. The van der Waals surface area contributed by atoms with Gasteiger partial charge in [0.15, 0.2) is 0 Å². The number of thioether (sulfide) groups is 1. The Balaban J connectivity index is 2.37. The second-order valence-corrected chi connectivity index (χ2v) is 4.55. The first-order valence-corrected chi connectivity index (χ1v) is 6.56. The Labute approximate surface area is 95.2 Å². The van der Waals surface area contributed by atoms with Crippen molar-refractivity contribution < 1.29 is 9.52 Å². The monoisotopic (exact) mass is 229 g/mol. The predicted molar refractivity (Wildman–Crippen MR) is 64.1 cm³/mol. The van der Waals surface area contributed by atoms with Gasteiger partial charge in [0.2, 0.25) is 0 Å². The Morgan fingerprint density at radius 1 is 1.60 bits per heavy atom. The third-order valence-electron chi connectivity index (χ3n) is 2.35. The molecule has 0 amide bonds. The van der Waals surface area contributed by atoms with Crippen molar-refractivity contribution >= 4 is 11.8 Å². The van der Waals surface area contributed by atoms with Gasteiger partial charge in [0.1, 0.15) is 5.76 Å². The average Bonchev–Trinajstić information content (AvgIpc) is 2.77. The van der Waals surface area contributed by atoms with Crippen LogP contribution >= 0.6 is 11.8 Å². The number of hydrogen-bond acceptors (Lipinski definition) is 4. The highest BCUT2D eigenvalue weighted by molar-refractivity contribution is 7.98. The van der Waals surface area contributed by atoms with Crippen molar-refractivity contribution in [3.05, 3.63) is 24.2 Å². The lowest BCUT2D eigenvalue weighted by molar-refractivity contribution is 0.226. The molecule has 2 N–H and O–H groups in total. The van der Waals surface area contributed by atoms with Gasteiger partial charge < -0.3 is 14.8 Å². The van der Waals surface area contributed by atoms with Crippen LogP contribution in [-0.2, 0) is 0 Å². The van der Waals surface area contributed by atoms with Crippen LogP contribution in [0, 0.1) is 0 Å². The van der Waals surface area contributed by atoms with Crippen LogP contribution in [-0.4, -0.2) is 29.8 Å². The van der Waals surface area contributed by atoms with Crippen LogP contribution in [0.15, 0.2) is 22.8 Å². The highest BCUT2D eigenvalue weighted by Crippen LogP contribution is 2.14. The summed E-state index contributed by atoms with van der Waals surface area (Å²) in [6, 6.07) is 4.13. The molecule has 0 saturated heterocycles. The minimum atomic E-state index is 0.151. The number of furan rings is 1. The first-order valence-electron chi connectivity index (χ1n) is 5.17. The molecule has 1 heterocycles. The smallest absolute Gasteiger partial charge is 0.120 e. The molecule has 2 atom stereocenters. The Kier molecular flexibility index (Phi) is 5.83. The van der Waals surface area contributed by atoms with Crippen molar-refractivity contribution in [2.75, 3.05) is 18.6 Å². The van der Waals surface area contributed by atoms with E-state index in [1.807, 2.05) is 19.1 Å². The van der Waals surface area contributed by atoms with Gasteiger partial charge in [0, 0.05) is 6.04 Å². The lowest BCUT2D eigenvalue weighted by Gasteiger charge is -2.19. The molecule has 0 radical (unpaired) electrons.